The monoisotopic (exact) mass is 370 g/mol. The Morgan fingerprint density at radius 3 is 2.96 bits per heavy atom. The maximum atomic E-state index is 12.7. The van der Waals surface area contributed by atoms with Gasteiger partial charge in [-0.3, -0.25) is 9.79 Å². The van der Waals surface area contributed by atoms with Gasteiger partial charge >= 0.3 is 0 Å². The standard InChI is InChI=1S/C22H30N2O3/c1-24-18-9-6-11-19(27-15-7-14-23)10-3-2-4-12-20(25)22-17(16-18)8-5-13-21(22)26/h3,5-6,8-10,13,19,26H,2,4,7,11-12,14-16,23H2,1H3/b9-6+,10-3+,24-18?. The normalized spacial score (nSPS) is 22.8. The predicted molar refractivity (Wildman–Crippen MR) is 110 cm³/mol. The van der Waals surface area contributed by atoms with E-state index in [2.05, 4.69) is 23.2 Å². The number of carbonyl (C=O) groups is 1. The van der Waals surface area contributed by atoms with Crippen LogP contribution in [0.25, 0.3) is 0 Å². The summed E-state index contributed by atoms with van der Waals surface area (Å²) in [6.45, 7) is 1.26. The van der Waals surface area contributed by atoms with Gasteiger partial charge in [0.15, 0.2) is 5.78 Å². The summed E-state index contributed by atoms with van der Waals surface area (Å²) in [7, 11) is 1.74. The maximum absolute atomic E-state index is 12.7. The van der Waals surface area contributed by atoms with Gasteiger partial charge in [0.2, 0.25) is 0 Å². The quantitative estimate of drug-likeness (QED) is 0.626. The number of phenols is 1. The third-order valence-corrected chi connectivity index (χ3v) is 4.55. The summed E-state index contributed by atoms with van der Waals surface area (Å²) in [6.07, 6.45) is 12.2. The lowest BCUT2D eigenvalue weighted by Gasteiger charge is -2.13. The lowest BCUT2D eigenvalue weighted by Crippen LogP contribution is -2.13. The molecule has 1 atom stereocenters. The number of hydrogen-bond donors (Lipinski definition) is 2. The van der Waals surface area contributed by atoms with Crippen molar-refractivity contribution >= 4 is 11.5 Å². The van der Waals surface area contributed by atoms with Gasteiger partial charge in [-0.05, 0) is 49.9 Å². The van der Waals surface area contributed by atoms with Gasteiger partial charge in [-0.2, -0.15) is 0 Å². The zero-order valence-electron chi connectivity index (χ0n) is 16.1. The number of rotatable bonds is 4. The van der Waals surface area contributed by atoms with Crippen LogP contribution in [0.3, 0.4) is 0 Å². The lowest BCUT2D eigenvalue weighted by molar-refractivity contribution is 0.0863. The highest BCUT2D eigenvalue weighted by Gasteiger charge is 2.17. The number of aliphatic imine (C=N–C) groups is 1. The molecule has 1 aliphatic rings. The molecule has 0 bridgehead atoms. The molecule has 0 saturated heterocycles. The molecule has 2 rings (SSSR count). The largest absolute Gasteiger partial charge is 0.507 e. The van der Waals surface area contributed by atoms with Crippen molar-refractivity contribution in [2.75, 3.05) is 20.2 Å². The number of allylic oxidation sites excluding steroid dienone is 2. The first kappa shape index (κ1) is 21.1. The van der Waals surface area contributed by atoms with Gasteiger partial charge in [0.1, 0.15) is 5.75 Å². The van der Waals surface area contributed by atoms with E-state index < -0.39 is 0 Å². The number of ketones is 1. The van der Waals surface area contributed by atoms with Gasteiger partial charge in [-0.1, -0.05) is 30.4 Å². The molecule has 0 amide bonds. The molecule has 1 aliphatic carbocycles. The Labute approximate surface area is 161 Å². The van der Waals surface area contributed by atoms with Crippen LogP contribution in [-0.2, 0) is 11.2 Å². The van der Waals surface area contributed by atoms with Crippen molar-refractivity contribution in [3.05, 3.63) is 53.6 Å². The van der Waals surface area contributed by atoms with Crippen molar-refractivity contribution in [2.45, 2.75) is 44.6 Å². The number of carbonyl (C=O) groups excluding carboxylic acids is 1. The van der Waals surface area contributed by atoms with Gasteiger partial charge in [0.05, 0.1) is 11.7 Å². The van der Waals surface area contributed by atoms with Crippen molar-refractivity contribution in [2.24, 2.45) is 10.7 Å². The van der Waals surface area contributed by atoms with Crippen LogP contribution in [-0.4, -0.2) is 42.9 Å². The third kappa shape index (κ3) is 6.77. The first-order chi connectivity index (χ1) is 13.2. The van der Waals surface area contributed by atoms with Crippen LogP contribution < -0.4 is 5.73 Å². The first-order valence-electron chi connectivity index (χ1n) is 9.60. The predicted octanol–water partition coefficient (Wildman–Crippen LogP) is 3.61. The van der Waals surface area contributed by atoms with Crippen molar-refractivity contribution in [3.8, 4) is 5.75 Å². The summed E-state index contributed by atoms with van der Waals surface area (Å²) in [5, 5.41) is 10.2. The van der Waals surface area contributed by atoms with Crippen LogP contribution in [0, 0.1) is 0 Å². The minimum absolute atomic E-state index is 0.000814. The fourth-order valence-electron chi connectivity index (χ4n) is 3.08. The summed E-state index contributed by atoms with van der Waals surface area (Å²) >= 11 is 0. The van der Waals surface area contributed by atoms with Gasteiger partial charge in [-0.15, -0.1) is 0 Å². The second kappa shape index (κ2) is 11.5. The molecule has 3 N–H and O–H groups in total. The minimum Gasteiger partial charge on any atom is -0.507 e. The number of phenolic OH excluding ortho intramolecular Hbond substituents is 1. The molecule has 1 aromatic rings. The Hall–Kier alpha value is -2.24. The third-order valence-electron chi connectivity index (χ3n) is 4.55. The molecule has 0 aromatic heterocycles. The molecule has 1 unspecified atom stereocenters. The van der Waals surface area contributed by atoms with Crippen molar-refractivity contribution in [1.29, 1.82) is 0 Å². The number of aromatic hydroxyl groups is 1. The Kier molecular flexibility index (Phi) is 8.95. The number of hydrogen-bond acceptors (Lipinski definition) is 5. The zero-order chi connectivity index (χ0) is 19.5. The Morgan fingerprint density at radius 2 is 2.19 bits per heavy atom. The van der Waals surface area contributed by atoms with Gasteiger partial charge < -0.3 is 15.6 Å². The van der Waals surface area contributed by atoms with Crippen LogP contribution >= 0.6 is 0 Å². The van der Waals surface area contributed by atoms with E-state index in [0.717, 1.165) is 37.0 Å². The van der Waals surface area contributed by atoms with Gasteiger partial charge in [0, 0.05) is 32.2 Å². The smallest absolute Gasteiger partial charge is 0.166 e. The zero-order valence-corrected chi connectivity index (χ0v) is 16.1. The molecule has 5 nitrogen and oxygen atoms in total. The second-order valence-electron chi connectivity index (χ2n) is 6.64. The van der Waals surface area contributed by atoms with Crippen molar-refractivity contribution in [1.82, 2.24) is 0 Å². The molecule has 0 heterocycles. The van der Waals surface area contributed by atoms with E-state index in [-0.39, 0.29) is 17.6 Å². The molecule has 27 heavy (non-hydrogen) atoms. The number of nitrogens with zero attached hydrogens (tertiary/aromatic N) is 1. The minimum atomic E-state index is -0.0243. The highest BCUT2D eigenvalue weighted by atomic mass is 16.5. The number of benzene rings is 1. The summed E-state index contributed by atoms with van der Waals surface area (Å²) in [5.41, 5.74) is 7.64. The van der Waals surface area contributed by atoms with E-state index in [0.29, 0.717) is 31.6 Å². The fraction of sp³-hybridized carbons (Fsp3) is 0.455. The molecule has 0 aliphatic heterocycles. The van der Waals surface area contributed by atoms with E-state index in [9.17, 15) is 9.90 Å². The number of ether oxygens (including phenoxy) is 1. The average Bonchev–Trinajstić information content (AvgIpc) is 2.66. The van der Waals surface area contributed by atoms with E-state index in [1.54, 1.807) is 19.2 Å². The first-order valence-corrected chi connectivity index (χ1v) is 9.60. The van der Waals surface area contributed by atoms with E-state index in [1.807, 2.05) is 12.1 Å². The van der Waals surface area contributed by atoms with Crippen LogP contribution in [0.5, 0.6) is 5.75 Å². The van der Waals surface area contributed by atoms with Crippen molar-refractivity contribution in [3.63, 3.8) is 0 Å². The van der Waals surface area contributed by atoms with Crippen molar-refractivity contribution < 1.29 is 14.6 Å². The molecule has 146 valence electrons. The molecule has 1 aromatic carbocycles. The lowest BCUT2D eigenvalue weighted by atomic mass is 9.95. The summed E-state index contributed by atoms with van der Waals surface area (Å²) in [5.74, 6) is 0.0247. The Morgan fingerprint density at radius 1 is 1.33 bits per heavy atom. The number of fused-ring (bicyclic) bond motifs is 1. The maximum Gasteiger partial charge on any atom is 0.166 e. The van der Waals surface area contributed by atoms with Crippen LogP contribution in [0.4, 0.5) is 0 Å². The SMILES string of the molecule is CN=C1/C=C/CC(OCCCN)/C=C/CCCC(=O)c2c(O)cccc2C1. The average molecular weight is 370 g/mol. The molecule has 0 saturated carbocycles. The topological polar surface area (TPSA) is 84.9 Å². The van der Waals surface area contributed by atoms with Gasteiger partial charge in [-0.25, -0.2) is 0 Å². The molecule has 0 spiro atoms. The summed E-state index contributed by atoms with van der Waals surface area (Å²) < 4.78 is 5.89. The van der Waals surface area contributed by atoms with Crippen LogP contribution in [0.15, 0.2) is 47.5 Å². The summed E-state index contributed by atoms with van der Waals surface area (Å²) in [6, 6.07) is 5.23. The fourth-order valence-corrected chi connectivity index (χ4v) is 3.08. The number of nitrogens with two attached hydrogens (primary N) is 1. The van der Waals surface area contributed by atoms with E-state index in [1.165, 1.54) is 0 Å². The molecule has 0 fully saturated rings. The molecular weight excluding hydrogens is 340 g/mol. The Balaban J connectivity index is 2.22. The number of Topliss-reactive ketones (excluding diaryl/α,β-unsaturated/α-hetero) is 1. The second-order valence-corrected chi connectivity index (χ2v) is 6.64. The molecule has 0 radical (unpaired) electrons. The highest BCUT2D eigenvalue weighted by molar-refractivity contribution is 6.03. The summed E-state index contributed by atoms with van der Waals surface area (Å²) in [4.78, 5) is 17.0. The van der Waals surface area contributed by atoms with Crippen LogP contribution in [0.1, 0.15) is 48.0 Å². The van der Waals surface area contributed by atoms with E-state index >= 15 is 0 Å². The molecule has 5 heteroatoms. The van der Waals surface area contributed by atoms with Gasteiger partial charge in [0.25, 0.3) is 0 Å². The molecular formula is C22H30N2O3. The highest BCUT2D eigenvalue weighted by Crippen LogP contribution is 2.25. The Bertz CT molecular complexity index is 708. The van der Waals surface area contributed by atoms with Crippen LogP contribution in [0.2, 0.25) is 0 Å². The van der Waals surface area contributed by atoms with E-state index in [4.69, 9.17) is 10.5 Å².